The maximum atomic E-state index is 11.3. The number of para-hydroxylation sites is 1. The van der Waals surface area contributed by atoms with Gasteiger partial charge in [-0.1, -0.05) is 6.07 Å². The molecule has 0 saturated carbocycles. The zero-order chi connectivity index (χ0) is 16.1. The van der Waals surface area contributed by atoms with E-state index in [9.17, 15) is 14.9 Å². The van der Waals surface area contributed by atoms with E-state index in [2.05, 4.69) is 4.74 Å². The van der Waals surface area contributed by atoms with E-state index >= 15 is 0 Å². The fourth-order valence-corrected chi connectivity index (χ4v) is 2.45. The number of nitro benzene ring substituents is 1. The third-order valence-corrected chi connectivity index (χ3v) is 3.48. The molecular weight excluding hydrogens is 292 g/mol. The lowest BCUT2D eigenvalue weighted by Gasteiger charge is -2.33. The average molecular weight is 310 g/mol. The largest absolute Gasteiger partial charge is 0.490 e. The van der Waals surface area contributed by atoms with Crippen molar-refractivity contribution in [2.24, 2.45) is 0 Å². The van der Waals surface area contributed by atoms with Crippen LogP contribution in [0.25, 0.3) is 0 Å². The summed E-state index contributed by atoms with van der Waals surface area (Å²) in [6.07, 6.45) is -0.239. The first kappa shape index (κ1) is 16.0. The third-order valence-electron chi connectivity index (χ3n) is 3.48. The lowest BCUT2D eigenvalue weighted by Crippen LogP contribution is -2.43. The minimum Gasteiger partial charge on any atom is -0.490 e. The normalized spacial score (nSPS) is 17.9. The van der Waals surface area contributed by atoms with Crippen LogP contribution in [0, 0.1) is 10.1 Å². The minimum absolute atomic E-state index is 0.0799. The van der Waals surface area contributed by atoms with E-state index in [1.165, 1.54) is 14.2 Å². The number of esters is 1. The first-order valence-corrected chi connectivity index (χ1v) is 6.81. The molecule has 1 aliphatic rings. The van der Waals surface area contributed by atoms with E-state index in [-0.39, 0.29) is 29.9 Å². The van der Waals surface area contributed by atoms with Crippen molar-refractivity contribution in [3.63, 3.8) is 0 Å². The molecule has 0 N–H and O–H groups in total. The molecule has 1 aromatic carbocycles. The first-order valence-electron chi connectivity index (χ1n) is 6.81. The van der Waals surface area contributed by atoms with Gasteiger partial charge in [0.15, 0.2) is 5.75 Å². The predicted octanol–water partition coefficient (Wildman–Crippen LogP) is 1.37. The standard InChI is InChI=1S/C14H18N2O6/c1-20-12-5-3-4-11(14(12)16(18)19)15-6-7-22-10(9-15)8-13(17)21-2/h3-5,10H,6-9H2,1-2H3. The van der Waals surface area contributed by atoms with Crippen molar-refractivity contribution >= 4 is 17.3 Å². The van der Waals surface area contributed by atoms with E-state index in [1.54, 1.807) is 18.2 Å². The van der Waals surface area contributed by atoms with E-state index in [0.29, 0.717) is 25.4 Å². The van der Waals surface area contributed by atoms with Gasteiger partial charge in [0.2, 0.25) is 0 Å². The summed E-state index contributed by atoms with van der Waals surface area (Å²) in [6.45, 7) is 1.27. The summed E-state index contributed by atoms with van der Waals surface area (Å²) in [5, 5.41) is 11.3. The fourth-order valence-electron chi connectivity index (χ4n) is 2.45. The van der Waals surface area contributed by atoms with Crippen molar-refractivity contribution in [1.82, 2.24) is 0 Å². The summed E-state index contributed by atoms with van der Waals surface area (Å²) < 4.78 is 15.2. The number of hydrogen-bond acceptors (Lipinski definition) is 7. The molecule has 8 nitrogen and oxygen atoms in total. The lowest BCUT2D eigenvalue weighted by atomic mass is 10.1. The predicted molar refractivity (Wildman–Crippen MR) is 78.2 cm³/mol. The molecule has 1 atom stereocenters. The molecule has 0 amide bonds. The topological polar surface area (TPSA) is 91.1 Å². The monoisotopic (exact) mass is 310 g/mol. The van der Waals surface area contributed by atoms with Crippen molar-refractivity contribution in [3.8, 4) is 5.75 Å². The first-order chi connectivity index (χ1) is 10.6. The van der Waals surface area contributed by atoms with Gasteiger partial charge < -0.3 is 19.1 Å². The van der Waals surface area contributed by atoms with Gasteiger partial charge in [-0.2, -0.15) is 0 Å². The summed E-state index contributed by atoms with van der Waals surface area (Å²) in [6, 6.07) is 4.92. The second-order valence-corrected chi connectivity index (χ2v) is 4.80. The van der Waals surface area contributed by atoms with Gasteiger partial charge in [-0.15, -0.1) is 0 Å². The summed E-state index contributed by atoms with van der Waals surface area (Å²) in [4.78, 5) is 24.1. The zero-order valence-corrected chi connectivity index (χ0v) is 12.5. The van der Waals surface area contributed by atoms with Gasteiger partial charge in [0, 0.05) is 13.1 Å². The molecule has 120 valence electrons. The second kappa shape index (κ2) is 7.08. The van der Waals surface area contributed by atoms with E-state index in [0.717, 1.165) is 0 Å². The number of benzene rings is 1. The van der Waals surface area contributed by atoms with Crippen LogP contribution in [0.4, 0.5) is 11.4 Å². The number of ether oxygens (including phenoxy) is 3. The van der Waals surface area contributed by atoms with Crippen LogP contribution >= 0.6 is 0 Å². The summed E-state index contributed by atoms with van der Waals surface area (Å²) >= 11 is 0. The highest BCUT2D eigenvalue weighted by Gasteiger charge is 2.29. The Morgan fingerprint density at radius 1 is 1.50 bits per heavy atom. The van der Waals surface area contributed by atoms with Crippen LogP contribution in [0.1, 0.15) is 6.42 Å². The van der Waals surface area contributed by atoms with Crippen LogP contribution < -0.4 is 9.64 Å². The van der Waals surface area contributed by atoms with Gasteiger partial charge in [0.05, 0.1) is 38.3 Å². The number of carbonyl (C=O) groups is 1. The fraction of sp³-hybridized carbons (Fsp3) is 0.500. The Morgan fingerprint density at radius 2 is 2.27 bits per heavy atom. The smallest absolute Gasteiger partial charge is 0.333 e. The van der Waals surface area contributed by atoms with Crippen LogP contribution in [0.2, 0.25) is 0 Å². The highest BCUT2D eigenvalue weighted by atomic mass is 16.6. The van der Waals surface area contributed by atoms with Crippen LogP contribution in [0.15, 0.2) is 18.2 Å². The molecular formula is C14H18N2O6. The third kappa shape index (κ3) is 3.45. The molecule has 0 aliphatic carbocycles. The maximum Gasteiger partial charge on any atom is 0.333 e. The van der Waals surface area contributed by atoms with Crippen molar-refractivity contribution in [1.29, 1.82) is 0 Å². The number of hydrogen-bond donors (Lipinski definition) is 0. The molecule has 1 unspecified atom stereocenters. The number of rotatable bonds is 5. The molecule has 1 aromatic rings. The van der Waals surface area contributed by atoms with E-state index in [1.807, 2.05) is 4.90 Å². The van der Waals surface area contributed by atoms with Crippen LogP contribution in [-0.2, 0) is 14.3 Å². The SMILES string of the molecule is COC(=O)CC1CN(c2cccc(OC)c2[N+](=O)[O-])CCO1. The number of morpholine rings is 1. The summed E-state index contributed by atoms with van der Waals surface area (Å²) in [5.74, 6) is -0.162. The molecule has 0 spiro atoms. The molecule has 22 heavy (non-hydrogen) atoms. The number of carbonyl (C=O) groups excluding carboxylic acids is 1. The number of methoxy groups -OCH3 is 2. The minimum atomic E-state index is -0.459. The summed E-state index contributed by atoms with van der Waals surface area (Å²) in [5.41, 5.74) is 0.381. The van der Waals surface area contributed by atoms with Crippen LogP contribution in [0.5, 0.6) is 5.75 Å². The van der Waals surface area contributed by atoms with Crippen molar-refractivity contribution in [3.05, 3.63) is 28.3 Å². The van der Waals surface area contributed by atoms with Crippen LogP contribution in [-0.4, -0.2) is 50.9 Å². The Morgan fingerprint density at radius 3 is 2.91 bits per heavy atom. The second-order valence-electron chi connectivity index (χ2n) is 4.80. The molecule has 0 bridgehead atoms. The van der Waals surface area contributed by atoms with Crippen molar-refractivity contribution in [2.75, 3.05) is 38.8 Å². The van der Waals surface area contributed by atoms with Gasteiger partial charge in [-0.05, 0) is 12.1 Å². The Kier molecular flexibility index (Phi) is 5.16. The Hall–Kier alpha value is -2.35. The zero-order valence-electron chi connectivity index (χ0n) is 12.5. The average Bonchev–Trinajstić information content (AvgIpc) is 2.54. The molecule has 8 heteroatoms. The Balaban J connectivity index is 2.24. The molecule has 0 radical (unpaired) electrons. The highest BCUT2D eigenvalue weighted by molar-refractivity contribution is 5.71. The molecule has 1 heterocycles. The van der Waals surface area contributed by atoms with E-state index < -0.39 is 4.92 Å². The molecule has 1 saturated heterocycles. The van der Waals surface area contributed by atoms with Crippen molar-refractivity contribution < 1.29 is 23.9 Å². The van der Waals surface area contributed by atoms with Crippen LogP contribution in [0.3, 0.4) is 0 Å². The van der Waals surface area contributed by atoms with Gasteiger partial charge in [-0.25, -0.2) is 0 Å². The maximum absolute atomic E-state index is 11.3. The number of nitrogens with zero attached hydrogens (tertiary/aromatic N) is 2. The summed E-state index contributed by atoms with van der Waals surface area (Å²) in [7, 11) is 2.71. The quantitative estimate of drug-likeness (QED) is 0.461. The van der Waals surface area contributed by atoms with Gasteiger partial charge in [0.1, 0.15) is 5.69 Å². The van der Waals surface area contributed by atoms with E-state index in [4.69, 9.17) is 9.47 Å². The number of anilines is 1. The van der Waals surface area contributed by atoms with Gasteiger partial charge in [0.25, 0.3) is 0 Å². The van der Waals surface area contributed by atoms with Gasteiger partial charge in [-0.3, -0.25) is 14.9 Å². The molecule has 2 rings (SSSR count). The number of nitro groups is 1. The molecule has 1 aliphatic heterocycles. The molecule has 0 aromatic heterocycles. The highest BCUT2D eigenvalue weighted by Crippen LogP contribution is 2.37. The lowest BCUT2D eigenvalue weighted by molar-refractivity contribution is -0.385. The Bertz CT molecular complexity index is 562. The van der Waals surface area contributed by atoms with Crippen molar-refractivity contribution in [2.45, 2.75) is 12.5 Å². The van der Waals surface area contributed by atoms with Gasteiger partial charge >= 0.3 is 11.7 Å². The molecule has 1 fully saturated rings. The Labute approximate surface area is 127 Å².